The molecule has 5 heteroatoms. The summed E-state index contributed by atoms with van der Waals surface area (Å²) < 4.78 is 0. The van der Waals surface area contributed by atoms with Crippen molar-refractivity contribution < 1.29 is 19.5 Å². The standard InChI is InChI=1S/C14H15NO4/c1-2-15-11-4-3-9(7-10(11)8-13(15)17)12(16)5-6-14(18)19/h3-4,7H,2,5-6,8H2,1H3,(H,18,19). The van der Waals surface area contributed by atoms with Gasteiger partial charge in [0.15, 0.2) is 5.78 Å². The fourth-order valence-corrected chi connectivity index (χ4v) is 2.27. The number of likely N-dealkylation sites (N-methyl/N-ethyl adjacent to an activating group) is 1. The van der Waals surface area contributed by atoms with E-state index in [1.807, 2.05) is 6.92 Å². The second-order valence-electron chi connectivity index (χ2n) is 4.48. The van der Waals surface area contributed by atoms with Crippen LogP contribution in [-0.4, -0.2) is 29.3 Å². The predicted octanol–water partition coefficient (Wildman–Crippen LogP) is 1.64. The maximum atomic E-state index is 11.8. The molecule has 1 aromatic carbocycles. The zero-order chi connectivity index (χ0) is 14.0. The Labute approximate surface area is 110 Å². The number of nitrogens with zero attached hydrogens (tertiary/aromatic N) is 1. The van der Waals surface area contributed by atoms with Crippen LogP contribution >= 0.6 is 0 Å². The van der Waals surface area contributed by atoms with Crippen molar-refractivity contribution in [2.24, 2.45) is 0 Å². The summed E-state index contributed by atoms with van der Waals surface area (Å²) in [6.45, 7) is 2.51. The summed E-state index contributed by atoms with van der Waals surface area (Å²) >= 11 is 0. The lowest BCUT2D eigenvalue weighted by molar-refractivity contribution is -0.137. The first-order valence-electron chi connectivity index (χ1n) is 6.21. The topological polar surface area (TPSA) is 74.7 Å². The molecule has 1 aliphatic rings. The molecule has 0 saturated carbocycles. The highest BCUT2D eigenvalue weighted by molar-refractivity contribution is 6.04. The van der Waals surface area contributed by atoms with Crippen LogP contribution in [0.5, 0.6) is 0 Å². The van der Waals surface area contributed by atoms with Crippen LogP contribution in [0.4, 0.5) is 5.69 Å². The second kappa shape index (κ2) is 5.22. The molecule has 2 rings (SSSR count). The molecule has 1 N–H and O–H groups in total. The third kappa shape index (κ3) is 2.65. The van der Waals surface area contributed by atoms with E-state index in [9.17, 15) is 14.4 Å². The third-order valence-corrected chi connectivity index (χ3v) is 3.22. The zero-order valence-electron chi connectivity index (χ0n) is 10.7. The number of ketones is 1. The number of carbonyl (C=O) groups is 3. The molecule has 0 radical (unpaired) electrons. The van der Waals surface area contributed by atoms with Gasteiger partial charge in [0.1, 0.15) is 0 Å². The minimum absolute atomic E-state index is 0.0143. The summed E-state index contributed by atoms with van der Waals surface area (Å²) in [4.78, 5) is 35.7. The molecule has 1 aromatic rings. The van der Waals surface area contributed by atoms with Gasteiger partial charge in [-0.05, 0) is 30.7 Å². The average Bonchev–Trinajstić information content (AvgIpc) is 2.69. The first-order valence-corrected chi connectivity index (χ1v) is 6.21. The Kier molecular flexibility index (Phi) is 3.64. The van der Waals surface area contributed by atoms with Crippen LogP contribution in [0.1, 0.15) is 35.7 Å². The van der Waals surface area contributed by atoms with Crippen molar-refractivity contribution in [2.75, 3.05) is 11.4 Å². The molecule has 1 heterocycles. The van der Waals surface area contributed by atoms with Gasteiger partial charge in [-0.1, -0.05) is 0 Å². The fraction of sp³-hybridized carbons (Fsp3) is 0.357. The molecule has 1 aliphatic heterocycles. The van der Waals surface area contributed by atoms with Crippen LogP contribution in [0, 0.1) is 0 Å². The van der Waals surface area contributed by atoms with Crippen LogP contribution in [0.2, 0.25) is 0 Å². The molecule has 100 valence electrons. The summed E-state index contributed by atoms with van der Waals surface area (Å²) in [5, 5.41) is 8.56. The lowest BCUT2D eigenvalue weighted by Gasteiger charge is -2.14. The third-order valence-electron chi connectivity index (χ3n) is 3.22. The van der Waals surface area contributed by atoms with Gasteiger partial charge in [0.05, 0.1) is 12.8 Å². The van der Waals surface area contributed by atoms with Crippen molar-refractivity contribution in [3.8, 4) is 0 Å². The second-order valence-corrected chi connectivity index (χ2v) is 4.48. The number of rotatable bonds is 5. The van der Waals surface area contributed by atoms with Gasteiger partial charge < -0.3 is 10.0 Å². The van der Waals surface area contributed by atoms with Crippen LogP contribution in [0.15, 0.2) is 18.2 Å². The molecule has 0 fully saturated rings. The molecule has 0 unspecified atom stereocenters. The number of hydrogen-bond donors (Lipinski definition) is 1. The molecular formula is C14H15NO4. The molecule has 0 aliphatic carbocycles. The van der Waals surface area contributed by atoms with E-state index in [1.54, 1.807) is 23.1 Å². The SMILES string of the molecule is CCN1C(=O)Cc2cc(C(=O)CCC(=O)O)ccc21. The number of benzene rings is 1. The maximum Gasteiger partial charge on any atom is 0.303 e. The Morgan fingerprint density at radius 2 is 2.05 bits per heavy atom. The van der Waals surface area contributed by atoms with Crippen molar-refractivity contribution >= 4 is 23.3 Å². The van der Waals surface area contributed by atoms with Crippen LogP contribution in [0.25, 0.3) is 0 Å². The Bertz CT molecular complexity index is 550. The van der Waals surface area contributed by atoms with E-state index in [4.69, 9.17) is 5.11 Å². The van der Waals surface area contributed by atoms with Crippen LogP contribution in [0.3, 0.4) is 0 Å². The number of carboxylic acids is 1. The first kappa shape index (κ1) is 13.3. The van der Waals surface area contributed by atoms with Gasteiger partial charge in [-0.25, -0.2) is 0 Å². The molecule has 1 amide bonds. The number of fused-ring (bicyclic) bond motifs is 1. The molecule has 5 nitrogen and oxygen atoms in total. The maximum absolute atomic E-state index is 11.8. The van der Waals surface area contributed by atoms with Gasteiger partial charge in [0, 0.05) is 24.2 Å². The van der Waals surface area contributed by atoms with E-state index >= 15 is 0 Å². The minimum atomic E-state index is -0.984. The molecule has 19 heavy (non-hydrogen) atoms. The number of amides is 1. The molecule has 0 aromatic heterocycles. The van der Waals surface area contributed by atoms with Crippen molar-refractivity contribution in [1.82, 2.24) is 0 Å². The van der Waals surface area contributed by atoms with Gasteiger partial charge in [-0.3, -0.25) is 14.4 Å². The quantitative estimate of drug-likeness (QED) is 0.818. The van der Waals surface area contributed by atoms with Gasteiger partial charge in [0.2, 0.25) is 5.91 Å². The summed E-state index contributed by atoms with van der Waals surface area (Å²) in [5.41, 5.74) is 2.17. The van der Waals surface area contributed by atoms with Crippen molar-refractivity contribution in [2.45, 2.75) is 26.2 Å². The van der Waals surface area contributed by atoms with Gasteiger partial charge in [-0.15, -0.1) is 0 Å². The minimum Gasteiger partial charge on any atom is -0.481 e. The predicted molar refractivity (Wildman–Crippen MR) is 69.4 cm³/mol. The van der Waals surface area contributed by atoms with E-state index in [2.05, 4.69) is 0 Å². The highest BCUT2D eigenvalue weighted by Crippen LogP contribution is 2.29. The molecule has 0 atom stereocenters. The number of aliphatic carboxylic acids is 1. The normalized spacial score (nSPS) is 13.5. The Morgan fingerprint density at radius 1 is 1.32 bits per heavy atom. The molecule has 0 bridgehead atoms. The Hall–Kier alpha value is -2.17. The van der Waals surface area contributed by atoms with E-state index in [0.717, 1.165) is 11.3 Å². The van der Waals surface area contributed by atoms with Crippen molar-refractivity contribution in [3.63, 3.8) is 0 Å². The van der Waals surface area contributed by atoms with Gasteiger partial charge in [0.25, 0.3) is 0 Å². The summed E-state index contributed by atoms with van der Waals surface area (Å²) in [7, 11) is 0. The van der Waals surface area contributed by atoms with E-state index in [-0.39, 0.29) is 24.5 Å². The number of anilines is 1. The van der Waals surface area contributed by atoms with E-state index in [1.165, 1.54) is 0 Å². The lowest BCUT2D eigenvalue weighted by atomic mass is 10.0. The molecular weight excluding hydrogens is 246 g/mol. The average molecular weight is 261 g/mol. The van der Waals surface area contributed by atoms with Crippen molar-refractivity contribution in [1.29, 1.82) is 0 Å². The zero-order valence-corrected chi connectivity index (χ0v) is 10.7. The van der Waals surface area contributed by atoms with E-state index < -0.39 is 5.97 Å². The van der Waals surface area contributed by atoms with Crippen molar-refractivity contribution in [3.05, 3.63) is 29.3 Å². The summed E-state index contributed by atoms with van der Waals surface area (Å²) in [5.74, 6) is -1.15. The largest absolute Gasteiger partial charge is 0.481 e. The van der Waals surface area contributed by atoms with Crippen LogP contribution < -0.4 is 4.90 Å². The number of hydrogen-bond acceptors (Lipinski definition) is 3. The smallest absolute Gasteiger partial charge is 0.303 e. The Balaban J connectivity index is 2.19. The summed E-state index contributed by atoms with van der Waals surface area (Å²) in [6.07, 6.45) is 0.124. The fourth-order valence-electron chi connectivity index (χ4n) is 2.27. The Morgan fingerprint density at radius 3 is 2.68 bits per heavy atom. The lowest BCUT2D eigenvalue weighted by Crippen LogP contribution is -2.25. The highest BCUT2D eigenvalue weighted by atomic mass is 16.4. The number of carbonyl (C=O) groups excluding carboxylic acids is 2. The highest BCUT2D eigenvalue weighted by Gasteiger charge is 2.26. The number of carboxylic acid groups (broad SMARTS) is 1. The summed E-state index contributed by atoms with van der Waals surface area (Å²) in [6, 6.07) is 5.12. The van der Waals surface area contributed by atoms with Crippen LogP contribution in [-0.2, 0) is 16.0 Å². The first-order chi connectivity index (χ1) is 9.02. The monoisotopic (exact) mass is 261 g/mol. The molecule has 0 saturated heterocycles. The molecule has 0 spiro atoms. The number of Topliss-reactive ketones (excluding diaryl/α,β-unsaturated/α-hetero) is 1. The van der Waals surface area contributed by atoms with Gasteiger partial charge >= 0.3 is 5.97 Å². The van der Waals surface area contributed by atoms with Gasteiger partial charge in [-0.2, -0.15) is 0 Å². The van der Waals surface area contributed by atoms with E-state index in [0.29, 0.717) is 18.5 Å².